The van der Waals surface area contributed by atoms with Gasteiger partial charge in [-0.2, -0.15) is 0 Å². The van der Waals surface area contributed by atoms with Crippen molar-refractivity contribution < 1.29 is 9.53 Å². The Morgan fingerprint density at radius 1 is 1.35 bits per heavy atom. The fourth-order valence-electron chi connectivity index (χ4n) is 2.88. The van der Waals surface area contributed by atoms with Crippen LogP contribution in [0.25, 0.3) is 11.3 Å². The summed E-state index contributed by atoms with van der Waals surface area (Å²) in [6.45, 7) is 3.63. The summed E-state index contributed by atoms with van der Waals surface area (Å²) in [7, 11) is 1.60. The molecule has 0 spiro atoms. The van der Waals surface area contributed by atoms with Gasteiger partial charge in [0.05, 0.1) is 5.69 Å². The minimum Gasteiger partial charge on any atom is -0.368 e. The summed E-state index contributed by atoms with van der Waals surface area (Å²) in [6, 6.07) is 8.10. The Labute approximate surface area is 140 Å². The second-order valence-corrected chi connectivity index (χ2v) is 6.61. The molecule has 6 heteroatoms. The second kappa shape index (κ2) is 6.78. The molecule has 23 heavy (non-hydrogen) atoms. The van der Waals surface area contributed by atoms with E-state index in [1.54, 1.807) is 7.11 Å². The molecule has 2 heterocycles. The van der Waals surface area contributed by atoms with E-state index in [2.05, 4.69) is 28.6 Å². The number of benzene rings is 1. The first-order valence-corrected chi connectivity index (χ1v) is 8.61. The van der Waals surface area contributed by atoms with Crippen molar-refractivity contribution in [2.75, 3.05) is 25.5 Å². The predicted molar refractivity (Wildman–Crippen MR) is 92.8 cm³/mol. The van der Waals surface area contributed by atoms with Gasteiger partial charge in [-0.1, -0.05) is 24.3 Å². The zero-order valence-corrected chi connectivity index (χ0v) is 14.2. The first kappa shape index (κ1) is 16.1. The third kappa shape index (κ3) is 3.29. The number of hydrogen-bond donors (Lipinski definition) is 2. The monoisotopic (exact) mass is 331 g/mol. The van der Waals surface area contributed by atoms with Crippen LogP contribution in [0, 0.1) is 6.92 Å². The van der Waals surface area contributed by atoms with Gasteiger partial charge in [-0.15, -0.1) is 11.3 Å². The number of nitrogens with zero attached hydrogens (tertiary/aromatic N) is 1. The largest absolute Gasteiger partial charge is 0.368 e. The maximum atomic E-state index is 12.6. The summed E-state index contributed by atoms with van der Waals surface area (Å²) < 4.78 is 5.55. The molecule has 0 bridgehead atoms. The summed E-state index contributed by atoms with van der Waals surface area (Å²) in [5, 5.41) is 8.77. The quantitative estimate of drug-likeness (QED) is 0.904. The summed E-state index contributed by atoms with van der Waals surface area (Å²) in [6.07, 6.45) is 1.34. The van der Waals surface area contributed by atoms with Crippen LogP contribution in [-0.2, 0) is 9.53 Å². The van der Waals surface area contributed by atoms with Gasteiger partial charge in [-0.05, 0) is 38.4 Å². The van der Waals surface area contributed by atoms with Gasteiger partial charge in [-0.3, -0.25) is 10.1 Å². The SMILES string of the molecule is COC1(C(=O)Nc2nc(-c3ccccc3C)cs2)CCNCC1. The molecule has 1 saturated heterocycles. The predicted octanol–water partition coefficient (Wildman–Crippen LogP) is 2.83. The molecular weight excluding hydrogens is 310 g/mol. The number of aromatic nitrogens is 1. The number of carbonyl (C=O) groups is 1. The zero-order valence-electron chi connectivity index (χ0n) is 13.4. The van der Waals surface area contributed by atoms with E-state index in [-0.39, 0.29) is 5.91 Å². The normalized spacial score (nSPS) is 17.0. The molecule has 1 aromatic heterocycles. The molecule has 1 aromatic carbocycles. The van der Waals surface area contributed by atoms with E-state index in [9.17, 15) is 4.79 Å². The highest BCUT2D eigenvalue weighted by Crippen LogP contribution is 2.29. The van der Waals surface area contributed by atoms with Crippen LogP contribution in [0.4, 0.5) is 5.13 Å². The lowest BCUT2D eigenvalue weighted by molar-refractivity contribution is -0.140. The topological polar surface area (TPSA) is 63.2 Å². The maximum absolute atomic E-state index is 12.6. The lowest BCUT2D eigenvalue weighted by Gasteiger charge is -2.34. The van der Waals surface area contributed by atoms with Gasteiger partial charge >= 0.3 is 0 Å². The number of methoxy groups -OCH3 is 1. The molecule has 5 nitrogen and oxygen atoms in total. The Hall–Kier alpha value is -1.76. The van der Waals surface area contributed by atoms with Crippen LogP contribution in [-0.4, -0.2) is 36.7 Å². The highest BCUT2D eigenvalue weighted by molar-refractivity contribution is 7.14. The van der Waals surface area contributed by atoms with Crippen LogP contribution in [0.3, 0.4) is 0 Å². The summed E-state index contributed by atoms with van der Waals surface area (Å²) in [5.74, 6) is -0.104. The number of anilines is 1. The Morgan fingerprint density at radius 3 is 2.78 bits per heavy atom. The molecule has 122 valence electrons. The second-order valence-electron chi connectivity index (χ2n) is 5.76. The van der Waals surface area contributed by atoms with Gasteiger partial charge in [0.1, 0.15) is 5.60 Å². The van der Waals surface area contributed by atoms with Gasteiger partial charge < -0.3 is 10.1 Å². The van der Waals surface area contributed by atoms with Crippen molar-refractivity contribution in [3.63, 3.8) is 0 Å². The first-order valence-electron chi connectivity index (χ1n) is 7.73. The van der Waals surface area contributed by atoms with Gasteiger partial charge in [0, 0.05) is 18.1 Å². The number of thiazole rings is 1. The van der Waals surface area contributed by atoms with E-state index in [1.165, 1.54) is 16.9 Å². The van der Waals surface area contributed by atoms with Crippen molar-refractivity contribution in [3.05, 3.63) is 35.2 Å². The van der Waals surface area contributed by atoms with Gasteiger partial charge in [0.15, 0.2) is 5.13 Å². The Bertz CT molecular complexity index is 693. The van der Waals surface area contributed by atoms with Crippen molar-refractivity contribution in [3.8, 4) is 11.3 Å². The molecule has 1 aliphatic rings. The van der Waals surface area contributed by atoms with Crippen molar-refractivity contribution in [1.29, 1.82) is 0 Å². The number of hydrogen-bond acceptors (Lipinski definition) is 5. The molecule has 0 atom stereocenters. The average molecular weight is 331 g/mol. The number of rotatable bonds is 4. The van der Waals surface area contributed by atoms with Crippen molar-refractivity contribution >= 4 is 22.4 Å². The van der Waals surface area contributed by atoms with E-state index < -0.39 is 5.60 Å². The third-order valence-electron chi connectivity index (χ3n) is 4.36. The van der Waals surface area contributed by atoms with Crippen molar-refractivity contribution in [1.82, 2.24) is 10.3 Å². The molecular formula is C17H21N3O2S. The first-order chi connectivity index (χ1) is 11.1. The molecule has 0 aliphatic carbocycles. The molecule has 2 N–H and O–H groups in total. The molecule has 3 rings (SSSR count). The van der Waals surface area contributed by atoms with Crippen molar-refractivity contribution in [2.45, 2.75) is 25.4 Å². The van der Waals surface area contributed by atoms with Gasteiger partial charge in [0.25, 0.3) is 5.91 Å². The number of piperidine rings is 1. The number of ether oxygens (including phenoxy) is 1. The fraction of sp³-hybridized carbons (Fsp3) is 0.412. The Balaban J connectivity index is 1.76. The molecule has 2 aromatic rings. The van der Waals surface area contributed by atoms with E-state index in [1.807, 2.05) is 23.6 Å². The van der Waals surface area contributed by atoms with Crippen LogP contribution < -0.4 is 10.6 Å². The van der Waals surface area contributed by atoms with Crippen LogP contribution in [0.2, 0.25) is 0 Å². The molecule has 0 unspecified atom stereocenters. The van der Waals surface area contributed by atoms with E-state index in [0.29, 0.717) is 18.0 Å². The van der Waals surface area contributed by atoms with Gasteiger partial charge in [-0.25, -0.2) is 4.98 Å². The number of aryl methyl sites for hydroxylation is 1. The van der Waals surface area contributed by atoms with E-state index in [4.69, 9.17) is 4.74 Å². The highest BCUT2D eigenvalue weighted by Gasteiger charge is 2.40. The van der Waals surface area contributed by atoms with E-state index in [0.717, 1.165) is 24.3 Å². The molecule has 1 amide bonds. The van der Waals surface area contributed by atoms with E-state index >= 15 is 0 Å². The van der Waals surface area contributed by atoms with Crippen LogP contribution >= 0.6 is 11.3 Å². The zero-order chi connectivity index (χ0) is 16.3. The number of nitrogens with one attached hydrogen (secondary N) is 2. The summed E-state index contributed by atoms with van der Waals surface area (Å²) in [4.78, 5) is 17.2. The highest BCUT2D eigenvalue weighted by atomic mass is 32.1. The Morgan fingerprint density at radius 2 is 2.09 bits per heavy atom. The lowest BCUT2D eigenvalue weighted by atomic mass is 9.91. The average Bonchev–Trinajstić information content (AvgIpc) is 3.04. The van der Waals surface area contributed by atoms with Crippen LogP contribution in [0.1, 0.15) is 18.4 Å². The van der Waals surface area contributed by atoms with Gasteiger partial charge in [0.2, 0.25) is 0 Å². The lowest BCUT2D eigenvalue weighted by Crippen LogP contribution is -2.51. The molecule has 1 aliphatic heterocycles. The third-order valence-corrected chi connectivity index (χ3v) is 5.12. The summed E-state index contributed by atoms with van der Waals surface area (Å²) >= 11 is 1.44. The molecule has 0 radical (unpaired) electrons. The maximum Gasteiger partial charge on any atom is 0.258 e. The standard InChI is InChI=1S/C17H21N3O2S/c1-12-5-3-4-6-13(12)14-11-23-16(19-14)20-15(21)17(22-2)7-9-18-10-8-17/h3-6,11,18H,7-10H2,1-2H3,(H,19,20,21). The van der Waals surface area contributed by atoms with Crippen molar-refractivity contribution in [2.24, 2.45) is 0 Å². The summed E-state index contributed by atoms with van der Waals surface area (Å²) in [5.41, 5.74) is 2.40. The minimum atomic E-state index is -0.750. The number of carbonyl (C=O) groups excluding carboxylic acids is 1. The van der Waals surface area contributed by atoms with Crippen LogP contribution in [0.15, 0.2) is 29.6 Å². The number of amides is 1. The Kier molecular flexibility index (Phi) is 4.75. The fourth-order valence-corrected chi connectivity index (χ4v) is 3.59. The minimum absolute atomic E-state index is 0.104. The molecule has 0 saturated carbocycles. The smallest absolute Gasteiger partial charge is 0.258 e. The molecule has 1 fully saturated rings. The van der Waals surface area contributed by atoms with Crippen LogP contribution in [0.5, 0.6) is 0 Å².